The van der Waals surface area contributed by atoms with Crippen LogP contribution in [-0.4, -0.2) is 36.5 Å². The fourth-order valence-electron chi connectivity index (χ4n) is 2.06. The van der Waals surface area contributed by atoms with E-state index in [0.29, 0.717) is 18.7 Å². The van der Waals surface area contributed by atoms with Gasteiger partial charge in [0.15, 0.2) is 0 Å². The average molecular weight is 284 g/mol. The van der Waals surface area contributed by atoms with E-state index in [1.165, 1.54) is 0 Å². The van der Waals surface area contributed by atoms with Crippen LogP contribution in [0.2, 0.25) is 0 Å². The fourth-order valence-corrected chi connectivity index (χ4v) is 2.06. The second-order valence-electron chi connectivity index (χ2n) is 4.93. The van der Waals surface area contributed by atoms with Crippen LogP contribution in [0.15, 0.2) is 48.7 Å². The lowest BCUT2D eigenvalue weighted by atomic mass is 10.1. The molecule has 0 spiro atoms. The second-order valence-corrected chi connectivity index (χ2v) is 4.93. The zero-order chi connectivity index (χ0) is 15.1. The average Bonchev–Trinajstić information content (AvgIpc) is 2.54. The number of carbonyl (C=O) groups excluding carboxylic acids is 1. The molecule has 1 aromatic heterocycles. The standard InChI is InChI=1S/C17H20N2O2/c1-19(12-10-16-5-3-4-11-18-16)17(20)15-8-6-14(7-9-15)13-21-2/h3-9,11H,10,12-13H2,1-2H3. The van der Waals surface area contributed by atoms with Crippen LogP contribution in [0.3, 0.4) is 0 Å². The first kappa shape index (κ1) is 15.2. The van der Waals surface area contributed by atoms with Gasteiger partial charge < -0.3 is 9.64 Å². The fraction of sp³-hybridized carbons (Fsp3) is 0.294. The number of rotatable bonds is 6. The molecule has 0 saturated heterocycles. The zero-order valence-electron chi connectivity index (χ0n) is 12.5. The minimum atomic E-state index is 0.0231. The minimum Gasteiger partial charge on any atom is -0.380 e. The molecule has 2 rings (SSSR count). The van der Waals surface area contributed by atoms with Crippen molar-refractivity contribution in [2.24, 2.45) is 0 Å². The number of carbonyl (C=O) groups is 1. The summed E-state index contributed by atoms with van der Waals surface area (Å²) in [5, 5.41) is 0. The van der Waals surface area contributed by atoms with Crippen molar-refractivity contribution >= 4 is 5.91 Å². The minimum absolute atomic E-state index is 0.0231. The van der Waals surface area contributed by atoms with E-state index in [0.717, 1.165) is 17.7 Å². The topological polar surface area (TPSA) is 42.4 Å². The third-order valence-electron chi connectivity index (χ3n) is 3.29. The normalized spacial score (nSPS) is 10.4. The SMILES string of the molecule is COCc1ccc(C(=O)N(C)CCc2ccccn2)cc1. The lowest BCUT2D eigenvalue weighted by Gasteiger charge is -2.17. The highest BCUT2D eigenvalue weighted by molar-refractivity contribution is 5.94. The first-order chi connectivity index (χ1) is 10.2. The number of hydrogen-bond donors (Lipinski definition) is 0. The third-order valence-corrected chi connectivity index (χ3v) is 3.29. The Morgan fingerprint density at radius 3 is 2.57 bits per heavy atom. The maximum absolute atomic E-state index is 12.3. The lowest BCUT2D eigenvalue weighted by molar-refractivity contribution is 0.0796. The zero-order valence-corrected chi connectivity index (χ0v) is 12.5. The van der Waals surface area contributed by atoms with E-state index < -0.39 is 0 Å². The van der Waals surface area contributed by atoms with Crippen molar-refractivity contribution in [1.29, 1.82) is 0 Å². The van der Waals surface area contributed by atoms with Gasteiger partial charge in [0.1, 0.15) is 0 Å². The number of nitrogens with zero attached hydrogens (tertiary/aromatic N) is 2. The van der Waals surface area contributed by atoms with Crippen molar-refractivity contribution in [2.45, 2.75) is 13.0 Å². The van der Waals surface area contributed by atoms with Gasteiger partial charge in [0.2, 0.25) is 0 Å². The molecular weight excluding hydrogens is 264 g/mol. The van der Waals surface area contributed by atoms with E-state index in [9.17, 15) is 4.79 Å². The van der Waals surface area contributed by atoms with Gasteiger partial charge in [0, 0.05) is 44.6 Å². The Hall–Kier alpha value is -2.20. The summed E-state index contributed by atoms with van der Waals surface area (Å²) in [7, 11) is 3.47. The molecule has 1 amide bonds. The molecule has 0 fully saturated rings. The molecule has 0 aliphatic carbocycles. The van der Waals surface area contributed by atoms with Crippen LogP contribution in [-0.2, 0) is 17.8 Å². The Bertz CT molecular complexity index is 567. The van der Waals surface area contributed by atoms with Gasteiger partial charge in [0.05, 0.1) is 6.61 Å². The van der Waals surface area contributed by atoms with Crippen LogP contribution in [0.1, 0.15) is 21.6 Å². The highest BCUT2D eigenvalue weighted by Gasteiger charge is 2.11. The van der Waals surface area contributed by atoms with Crippen molar-refractivity contribution in [3.8, 4) is 0 Å². The van der Waals surface area contributed by atoms with E-state index in [-0.39, 0.29) is 5.91 Å². The van der Waals surface area contributed by atoms with Crippen molar-refractivity contribution in [1.82, 2.24) is 9.88 Å². The molecule has 2 aromatic rings. The Morgan fingerprint density at radius 1 is 1.19 bits per heavy atom. The van der Waals surface area contributed by atoms with Crippen molar-refractivity contribution in [2.75, 3.05) is 20.7 Å². The number of methoxy groups -OCH3 is 1. The predicted octanol–water partition coefficient (Wildman–Crippen LogP) is 2.54. The number of ether oxygens (including phenoxy) is 1. The first-order valence-electron chi connectivity index (χ1n) is 6.94. The van der Waals surface area contributed by atoms with E-state index in [4.69, 9.17) is 4.74 Å². The Kier molecular flexibility index (Phi) is 5.46. The van der Waals surface area contributed by atoms with Gasteiger partial charge in [-0.05, 0) is 29.8 Å². The number of hydrogen-bond acceptors (Lipinski definition) is 3. The third kappa shape index (κ3) is 4.39. The summed E-state index contributed by atoms with van der Waals surface area (Å²) in [6, 6.07) is 13.3. The molecule has 0 bridgehead atoms. The highest BCUT2D eigenvalue weighted by Crippen LogP contribution is 2.08. The summed E-state index contributed by atoms with van der Waals surface area (Å²) in [6.07, 6.45) is 2.52. The van der Waals surface area contributed by atoms with Crippen LogP contribution in [0.5, 0.6) is 0 Å². The number of benzene rings is 1. The van der Waals surface area contributed by atoms with Crippen molar-refractivity contribution in [3.05, 3.63) is 65.5 Å². The summed E-state index contributed by atoms with van der Waals surface area (Å²) in [4.78, 5) is 18.3. The molecular formula is C17H20N2O2. The first-order valence-corrected chi connectivity index (χ1v) is 6.94. The molecule has 4 nitrogen and oxygen atoms in total. The molecule has 1 heterocycles. The van der Waals surface area contributed by atoms with Crippen LogP contribution in [0.4, 0.5) is 0 Å². The molecule has 0 aliphatic rings. The molecule has 0 N–H and O–H groups in total. The van der Waals surface area contributed by atoms with Gasteiger partial charge in [-0.3, -0.25) is 9.78 Å². The van der Waals surface area contributed by atoms with E-state index in [1.807, 2.05) is 49.5 Å². The van der Waals surface area contributed by atoms with Crippen LogP contribution in [0, 0.1) is 0 Å². The Labute approximate surface area is 125 Å². The maximum atomic E-state index is 12.3. The van der Waals surface area contributed by atoms with E-state index in [2.05, 4.69) is 4.98 Å². The van der Waals surface area contributed by atoms with Crippen molar-refractivity contribution in [3.63, 3.8) is 0 Å². The van der Waals surface area contributed by atoms with Gasteiger partial charge in [-0.1, -0.05) is 18.2 Å². The number of aromatic nitrogens is 1. The smallest absolute Gasteiger partial charge is 0.253 e. The van der Waals surface area contributed by atoms with Gasteiger partial charge in [0.25, 0.3) is 5.91 Å². The van der Waals surface area contributed by atoms with Crippen molar-refractivity contribution < 1.29 is 9.53 Å². The monoisotopic (exact) mass is 284 g/mol. The number of likely N-dealkylation sites (N-methyl/N-ethyl adjacent to an activating group) is 1. The Balaban J connectivity index is 1.92. The summed E-state index contributed by atoms with van der Waals surface area (Å²) in [6.45, 7) is 1.21. The van der Waals surface area contributed by atoms with Crippen LogP contribution >= 0.6 is 0 Å². The molecule has 21 heavy (non-hydrogen) atoms. The molecule has 110 valence electrons. The van der Waals surface area contributed by atoms with Crippen LogP contribution < -0.4 is 0 Å². The largest absolute Gasteiger partial charge is 0.380 e. The van der Waals surface area contributed by atoms with Gasteiger partial charge in [-0.2, -0.15) is 0 Å². The van der Waals surface area contributed by atoms with E-state index >= 15 is 0 Å². The van der Waals surface area contributed by atoms with Gasteiger partial charge >= 0.3 is 0 Å². The van der Waals surface area contributed by atoms with Gasteiger partial charge in [-0.25, -0.2) is 0 Å². The molecule has 0 unspecified atom stereocenters. The lowest BCUT2D eigenvalue weighted by Crippen LogP contribution is -2.29. The van der Waals surface area contributed by atoms with E-state index in [1.54, 1.807) is 18.2 Å². The number of amides is 1. The molecule has 0 atom stereocenters. The quantitative estimate of drug-likeness (QED) is 0.818. The highest BCUT2D eigenvalue weighted by atomic mass is 16.5. The molecule has 4 heteroatoms. The molecule has 1 aromatic carbocycles. The molecule has 0 radical (unpaired) electrons. The van der Waals surface area contributed by atoms with Gasteiger partial charge in [-0.15, -0.1) is 0 Å². The predicted molar refractivity (Wildman–Crippen MR) is 82.1 cm³/mol. The number of pyridine rings is 1. The van der Waals surface area contributed by atoms with Crippen LogP contribution in [0.25, 0.3) is 0 Å². The summed E-state index contributed by atoms with van der Waals surface area (Å²) in [5.74, 6) is 0.0231. The summed E-state index contributed by atoms with van der Waals surface area (Å²) >= 11 is 0. The summed E-state index contributed by atoms with van der Waals surface area (Å²) in [5.41, 5.74) is 2.75. The second kappa shape index (κ2) is 7.55. The maximum Gasteiger partial charge on any atom is 0.253 e. The molecule has 0 saturated carbocycles. The summed E-state index contributed by atoms with van der Waals surface area (Å²) < 4.78 is 5.06. The Morgan fingerprint density at radius 2 is 1.95 bits per heavy atom. The molecule has 0 aliphatic heterocycles.